The van der Waals surface area contributed by atoms with Crippen molar-refractivity contribution in [1.82, 2.24) is 10.2 Å². The average molecular weight is 377 g/mol. The fourth-order valence-electron chi connectivity index (χ4n) is 3.91. The molecule has 0 saturated heterocycles. The Labute approximate surface area is 159 Å². The predicted molar refractivity (Wildman–Crippen MR) is 101 cm³/mol. The van der Waals surface area contributed by atoms with Gasteiger partial charge in [0.2, 0.25) is 5.91 Å². The molecule has 1 aromatic carbocycles. The molecule has 148 valence electrons. The molecule has 1 fully saturated rings. The maximum absolute atomic E-state index is 13.7. The van der Waals surface area contributed by atoms with Crippen LogP contribution in [0.3, 0.4) is 0 Å². The summed E-state index contributed by atoms with van der Waals surface area (Å²) in [6.07, 6.45) is 3.19. The van der Waals surface area contributed by atoms with Crippen molar-refractivity contribution in [2.75, 3.05) is 5.32 Å². The molecule has 0 radical (unpaired) electrons. The second-order valence-corrected chi connectivity index (χ2v) is 7.70. The highest BCUT2D eigenvalue weighted by atomic mass is 19.1. The standard InChI is InChI=1S/C20H28FN3O3/c1-3-12(2)18-19(26)23-17-9-4-14(21)10-13(17)11-24(18)20(27)22-15-5-7-16(25)8-6-15/h4,9-10,12,15-16,18,25H,3,5-8,11H2,1-2H3,(H,22,27)(H,23,26). The lowest BCUT2D eigenvalue weighted by atomic mass is 9.93. The van der Waals surface area contributed by atoms with E-state index in [0.29, 0.717) is 36.9 Å². The number of rotatable bonds is 3. The minimum absolute atomic E-state index is 0.0169. The van der Waals surface area contributed by atoms with E-state index in [1.54, 1.807) is 6.07 Å². The van der Waals surface area contributed by atoms with Gasteiger partial charge in [-0.05, 0) is 55.4 Å². The summed E-state index contributed by atoms with van der Waals surface area (Å²) < 4.78 is 13.7. The van der Waals surface area contributed by atoms with Gasteiger partial charge < -0.3 is 20.6 Å². The molecule has 0 spiro atoms. The fraction of sp³-hybridized carbons (Fsp3) is 0.600. The van der Waals surface area contributed by atoms with E-state index in [1.807, 2.05) is 13.8 Å². The van der Waals surface area contributed by atoms with E-state index in [1.165, 1.54) is 17.0 Å². The van der Waals surface area contributed by atoms with Crippen molar-refractivity contribution in [3.05, 3.63) is 29.6 Å². The first-order chi connectivity index (χ1) is 12.9. The molecule has 3 rings (SSSR count). The Morgan fingerprint density at radius 2 is 2.07 bits per heavy atom. The largest absolute Gasteiger partial charge is 0.393 e. The van der Waals surface area contributed by atoms with Gasteiger partial charge in [-0.1, -0.05) is 20.3 Å². The van der Waals surface area contributed by atoms with Gasteiger partial charge in [0.25, 0.3) is 0 Å². The van der Waals surface area contributed by atoms with Crippen LogP contribution < -0.4 is 10.6 Å². The Hall–Kier alpha value is -2.15. The van der Waals surface area contributed by atoms with Gasteiger partial charge in [0, 0.05) is 11.7 Å². The van der Waals surface area contributed by atoms with Crippen molar-refractivity contribution in [2.24, 2.45) is 5.92 Å². The number of aliphatic hydroxyl groups is 1. The Bertz CT molecular complexity index is 704. The van der Waals surface area contributed by atoms with Gasteiger partial charge in [-0.2, -0.15) is 0 Å². The van der Waals surface area contributed by atoms with E-state index in [2.05, 4.69) is 10.6 Å². The monoisotopic (exact) mass is 377 g/mol. The summed E-state index contributed by atoms with van der Waals surface area (Å²) in [5.41, 5.74) is 1.13. The average Bonchev–Trinajstić information content (AvgIpc) is 2.78. The van der Waals surface area contributed by atoms with Crippen LogP contribution in [0.15, 0.2) is 18.2 Å². The van der Waals surface area contributed by atoms with E-state index < -0.39 is 11.9 Å². The number of fused-ring (bicyclic) bond motifs is 1. The Morgan fingerprint density at radius 3 is 2.74 bits per heavy atom. The molecular formula is C20H28FN3O3. The van der Waals surface area contributed by atoms with Gasteiger partial charge in [0.05, 0.1) is 12.6 Å². The van der Waals surface area contributed by atoms with Crippen LogP contribution in [0.1, 0.15) is 51.5 Å². The summed E-state index contributed by atoms with van der Waals surface area (Å²) in [7, 11) is 0. The highest BCUT2D eigenvalue weighted by Crippen LogP contribution is 2.28. The normalized spacial score (nSPS) is 26.6. The molecule has 0 bridgehead atoms. The topological polar surface area (TPSA) is 81.7 Å². The molecular weight excluding hydrogens is 349 g/mol. The quantitative estimate of drug-likeness (QED) is 0.757. The molecule has 1 aliphatic carbocycles. The predicted octanol–water partition coefficient (Wildman–Crippen LogP) is 3.01. The molecule has 2 aliphatic rings. The van der Waals surface area contributed by atoms with E-state index in [-0.39, 0.29) is 36.5 Å². The second kappa shape index (κ2) is 8.25. The zero-order chi connectivity index (χ0) is 19.6. The summed E-state index contributed by atoms with van der Waals surface area (Å²) in [6.45, 7) is 4.09. The number of anilines is 1. The first kappa shape index (κ1) is 19.6. The van der Waals surface area contributed by atoms with Crippen LogP contribution in [-0.4, -0.2) is 40.1 Å². The summed E-state index contributed by atoms with van der Waals surface area (Å²) in [5.74, 6) is -0.682. The van der Waals surface area contributed by atoms with Crippen molar-refractivity contribution in [3.8, 4) is 0 Å². The van der Waals surface area contributed by atoms with Gasteiger partial charge in [-0.3, -0.25) is 4.79 Å². The fourth-order valence-corrected chi connectivity index (χ4v) is 3.91. The maximum atomic E-state index is 13.7. The molecule has 1 saturated carbocycles. The summed E-state index contributed by atoms with van der Waals surface area (Å²) in [6, 6.07) is 3.26. The van der Waals surface area contributed by atoms with Gasteiger partial charge in [0.15, 0.2) is 0 Å². The van der Waals surface area contributed by atoms with Crippen LogP contribution in [0.4, 0.5) is 14.9 Å². The first-order valence-corrected chi connectivity index (χ1v) is 9.73. The number of carbonyl (C=O) groups excluding carboxylic acids is 2. The minimum atomic E-state index is -0.625. The number of urea groups is 1. The van der Waals surface area contributed by atoms with Gasteiger partial charge in [-0.25, -0.2) is 9.18 Å². The van der Waals surface area contributed by atoms with E-state index in [4.69, 9.17) is 0 Å². The number of nitrogens with one attached hydrogen (secondary N) is 2. The zero-order valence-electron chi connectivity index (χ0n) is 15.9. The molecule has 2 unspecified atom stereocenters. The summed E-state index contributed by atoms with van der Waals surface area (Å²) >= 11 is 0. The Kier molecular flexibility index (Phi) is 5.99. The van der Waals surface area contributed by atoms with Crippen molar-refractivity contribution >= 4 is 17.6 Å². The maximum Gasteiger partial charge on any atom is 0.318 e. The van der Waals surface area contributed by atoms with Gasteiger partial charge in [-0.15, -0.1) is 0 Å². The summed E-state index contributed by atoms with van der Waals surface area (Å²) in [4.78, 5) is 27.4. The van der Waals surface area contributed by atoms with Gasteiger partial charge >= 0.3 is 6.03 Å². The van der Waals surface area contributed by atoms with E-state index in [0.717, 1.165) is 6.42 Å². The van der Waals surface area contributed by atoms with Crippen molar-refractivity contribution in [1.29, 1.82) is 0 Å². The Morgan fingerprint density at radius 1 is 1.37 bits per heavy atom. The number of benzene rings is 1. The van der Waals surface area contributed by atoms with Crippen molar-refractivity contribution in [2.45, 2.75) is 70.7 Å². The lowest BCUT2D eigenvalue weighted by Crippen LogP contribution is -2.54. The molecule has 7 heteroatoms. The second-order valence-electron chi connectivity index (χ2n) is 7.70. The molecule has 0 aromatic heterocycles. The van der Waals surface area contributed by atoms with Crippen LogP contribution in [0.2, 0.25) is 0 Å². The van der Waals surface area contributed by atoms with Crippen molar-refractivity contribution < 1.29 is 19.1 Å². The highest BCUT2D eigenvalue weighted by Gasteiger charge is 2.37. The number of nitrogens with zero attached hydrogens (tertiary/aromatic N) is 1. The number of carbonyl (C=O) groups is 2. The van der Waals surface area contributed by atoms with Crippen LogP contribution in [0, 0.1) is 11.7 Å². The molecule has 1 aromatic rings. The van der Waals surface area contributed by atoms with Gasteiger partial charge in [0.1, 0.15) is 11.9 Å². The molecule has 1 heterocycles. The first-order valence-electron chi connectivity index (χ1n) is 9.73. The van der Waals surface area contributed by atoms with E-state index >= 15 is 0 Å². The molecule has 6 nitrogen and oxygen atoms in total. The lowest BCUT2D eigenvalue weighted by Gasteiger charge is -2.35. The smallest absolute Gasteiger partial charge is 0.318 e. The van der Waals surface area contributed by atoms with Crippen LogP contribution in [0.25, 0.3) is 0 Å². The summed E-state index contributed by atoms with van der Waals surface area (Å²) in [5, 5.41) is 15.5. The Balaban J connectivity index is 1.85. The number of hydrogen-bond acceptors (Lipinski definition) is 3. The number of aliphatic hydroxyl groups excluding tert-OH is 1. The van der Waals surface area contributed by atoms with E-state index in [9.17, 15) is 19.1 Å². The third-order valence-corrected chi connectivity index (χ3v) is 5.74. The molecule has 3 N–H and O–H groups in total. The third kappa shape index (κ3) is 4.40. The molecule has 1 aliphatic heterocycles. The molecule has 27 heavy (non-hydrogen) atoms. The number of hydrogen-bond donors (Lipinski definition) is 3. The highest BCUT2D eigenvalue weighted by molar-refractivity contribution is 5.98. The zero-order valence-corrected chi connectivity index (χ0v) is 15.9. The molecule has 2 atom stereocenters. The molecule has 3 amide bonds. The SMILES string of the molecule is CCC(C)C1C(=O)Nc2ccc(F)cc2CN1C(=O)NC1CCC(O)CC1. The van der Waals surface area contributed by atoms with Crippen molar-refractivity contribution in [3.63, 3.8) is 0 Å². The van der Waals surface area contributed by atoms with Crippen LogP contribution >= 0.6 is 0 Å². The minimum Gasteiger partial charge on any atom is -0.393 e. The van der Waals surface area contributed by atoms with Crippen LogP contribution in [-0.2, 0) is 11.3 Å². The number of halogens is 1. The van der Waals surface area contributed by atoms with Crippen LogP contribution in [0.5, 0.6) is 0 Å². The number of amides is 3. The lowest BCUT2D eigenvalue weighted by molar-refractivity contribution is -0.121. The third-order valence-electron chi connectivity index (χ3n) is 5.74.